The molecule has 0 aromatic carbocycles. The minimum atomic E-state index is -1.29. The average molecular weight is 256 g/mol. The summed E-state index contributed by atoms with van der Waals surface area (Å²) >= 11 is 0. The molecule has 0 spiro atoms. The summed E-state index contributed by atoms with van der Waals surface area (Å²) in [5.41, 5.74) is 0.492. The van der Waals surface area contributed by atoms with E-state index in [4.69, 9.17) is 4.74 Å². The van der Waals surface area contributed by atoms with Gasteiger partial charge in [0.15, 0.2) is 5.82 Å². The van der Waals surface area contributed by atoms with Crippen LogP contribution in [0.15, 0.2) is 24.4 Å². The van der Waals surface area contributed by atoms with Gasteiger partial charge in [0, 0.05) is 12.7 Å². The summed E-state index contributed by atoms with van der Waals surface area (Å²) in [5.74, 6) is -3.24. The van der Waals surface area contributed by atoms with Crippen LogP contribution in [0.1, 0.15) is 17.3 Å². The lowest BCUT2D eigenvalue weighted by Crippen LogP contribution is -2.28. The van der Waals surface area contributed by atoms with Gasteiger partial charge in [-0.2, -0.15) is 4.39 Å². The van der Waals surface area contributed by atoms with E-state index in [1.165, 1.54) is 0 Å². The molecule has 1 aromatic heterocycles. The van der Waals surface area contributed by atoms with Crippen LogP contribution in [0.5, 0.6) is 0 Å². The van der Waals surface area contributed by atoms with Gasteiger partial charge in [-0.1, -0.05) is 12.2 Å². The molecular weight excluding hydrogens is 242 g/mol. The van der Waals surface area contributed by atoms with E-state index >= 15 is 0 Å². The lowest BCUT2D eigenvalue weighted by Gasteiger charge is -2.07. The molecule has 0 bridgehead atoms. The third-order valence-corrected chi connectivity index (χ3v) is 1.97. The number of carbonyl (C=O) groups is 1. The monoisotopic (exact) mass is 256 g/mol. The van der Waals surface area contributed by atoms with Gasteiger partial charge < -0.3 is 10.1 Å². The van der Waals surface area contributed by atoms with E-state index in [1.54, 1.807) is 0 Å². The van der Waals surface area contributed by atoms with Crippen LogP contribution in [-0.4, -0.2) is 30.6 Å². The van der Waals surface area contributed by atoms with E-state index < -0.39 is 17.7 Å². The SMILES string of the molecule is C=C(C)COCCNC(=O)c1ccnc(F)c1F. The minimum absolute atomic E-state index is 0.204. The Labute approximate surface area is 104 Å². The van der Waals surface area contributed by atoms with Gasteiger partial charge in [-0.3, -0.25) is 4.79 Å². The van der Waals surface area contributed by atoms with Crippen molar-refractivity contribution in [3.8, 4) is 0 Å². The molecule has 0 aliphatic heterocycles. The summed E-state index contributed by atoms with van der Waals surface area (Å²) in [7, 11) is 0. The van der Waals surface area contributed by atoms with Gasteiger partial charge in [0.1, 0.15) is 0 Å². The van der Waals surface area contributed by atoms with Gasteiger partial charge in [0.05, 0.1) is 18.8 Å². The van der Waals surface area contributed by atoms with E-state index in [0.717, 1.165) is 17.8 Å². The summed E-state index contributed by atoms with van der Waals surface area (Å²) < 4.78 is 31.1. The molecule has 1 heterocycles. The van der Waals surface area contributed by atoms with E-state index in [0.29, 0.717) is 6.61 Å². The van der Waals surface area contributed by atoms with E-state index in [9.17, 15) is 13.6 Å². The number of nitrogens with zero attached hydrogens (tertiary/aromatic N) is 1. The molecule has 0 aliphatic rings. The predicted molar refractivity (Wildman–Crippen MR) is 62.1 cm³/mol. The summed E-state index contributed by atoms with van der Waals surface area (Å²) in [4.78, 5) is 14.6. The molecule has 1 rings (SSSR count). The number of nitrogens with one attached hydrogen (secondary N) is 1. The number of ether oxygens (including phenoxy) is 1. The molecule has 0 atom stereocenters. The van der Waals surface area contributed by atoms with Crippen molar-refractivity contribution in [2.45, 2.75) is 6.92 Å². The van der Waals surface area contributed by atoms with Gasteiger partial charge in [0.2, 0.25) is 5.95 Å². The summed E-state index contributed by atoms with van der Waals surface area (Å²) in [6.07, 6.45) is 1.03. The highest BCUT2D eigenvalue weighted by atomic mass is 19.2. The number of pyridine rings is 1. The third kappa shape index (κ3) is 4.21. The number of hydrogen-bond acceptors (Lipinski definition) is 3. The highest BCUT2D eigenvalue weighted by Gasteiger charge is 2.15. The standard InChI is InChI=1S/C12H14F2N2O2/c1-8(2)7-18-6-5-16-12(17)9-3-4-15-11(14)10(9)13/h3-4H,1,5-7H2,2H3,(H,16,17). The molecule has 1 amide bonds. The van der Waals surface area contributed by atoms with E-state index in [1.807, 2.05) is 6.92 Å². The fraction of sp³-hybridized carbons (Fsp3) is 0.333. The van der Waals surface area contributed by atoms with Crippen LogP contribution in [-0.2, 0) is 4.74 Å². The predicted octanol–water partition coefficient (Wildman–Crippen LogP) is 1.68. The quantitative estimate of drug-likeness (QED) is 0.478. The molecule has 0 saturated heterocycles. The van der Waals surface area contributed by atoms with Crippen molar-refractivity contribution in [1.82, 2.24) is 10.3 Å². The molecule has 0 aliphatic carbocycles. The fourth-order valence-electron chi connectivity index (χ4n) is 1.17. The van der Waals surface area contributed by atoms with Crippen molar-refractivity contribution in [1.29, 1.82) is 0 Å². The zero-order valence-electron chi connectivity index (χ0n) is 10.0. The van der Waals surface area contributed by atoms with Crippen molar-refractivity contribution in [2.75, 3.05) is 19.8 Å². The molecule has 18 heavy (non-hydrogen) atoms. The lowest BCUT2D eigenvalue weighted by molar-refractivity contribution is 0.0921. The molecule has 1 aromatic rings. The van der Waals surface area contributed by atoms with Crippen LogP contribution >= 0.6 is 0 Å². The number of carbonyl (C=O) groups excluding carboxylic acids is 1. The van der Waals surface area contributed by atoms with Crippen molar-refractivity contribution >= 4 is 5.91 Å². The maximum Gasteiger partial charge on any atom is 0.254 e. The molecule has 0 unspecified atom stereocenters. The Hall–Kier alpha value is -1.82. The Morgan fingerprint density at radius 3 is 2.94 bits per heavy atom. The first-order valence-corrected chi connectivity index (χ1v) is 5.32. The first kappa shape index (κ1) is 14.2. The van der Waals surface area contributed by atoms with Crippen molar-refractivity contribution in [2.24, 2.45) is 0 Å². The van der Waals surface area contributed by atoms with Gasteiger partial charge in [0.25, 0.3) is 5.91 Å². The normalized spacial score (nSPS) is 10.2. The van der Waals surface area contributed by atoms with E-state index in [2.05, 4.69) is 16.9 Å². The Kier molecular flexibility index (Phi) is 5.38. The zero-order chi connectivity index (χ0) is 13.5. The Bertz CT molecular complexity index is 450. The van der Waals surface area contributed by atoms with Gasteiger partial charge in [-0.05, 0) is 13.0 Å². The largest absolute Gasteiger partial charge is 0.375 e. The first-order chi connectivity index (χ1) is 8.52. The topological polar surface area (TPSA) is 51.2 Å². The third-order valence-electron chi connectivity index (χ3n) is 1.97. The van der Waals surface area contributed by atoms with Gasteiger partial charge in [-0.15, -0.1) is 0 Å². The van der Waals surface area contributed by atoms with Crippen LogP contribution < -0.4 is 5.32 Å². The minimum Gasteiger partial charge on any atom is -0.375 e. The second-order valence-electron chi connectivity index (χ2n) is 3.73. The highest BCUT2D eigenvalue weighted by Crippen LogP contribution is 2.08. The number of halogens is 2. The van der Waals surface area contributed by atoms with Crippen LogP contribution in [0.25, 0.3) is 0 Å². The van der Waals surface area contributed by atoms with Gasteiger partial charge >= 0.3 is 0 Å². The molecular formula is C12H14F2N2O2. The van der Waals surface area contributed by atoms with Crippen molar-refractivity contribution in [3.05, 3.63) is 41.7 Å². The lowest BCUT2D eigenvalue weighted by atomic mass is 10.2. The summed E-state index contributed by atoms with van der Waals surface area (Å²) in [6, 6.07) is 1.11. The summed E-state index contributed by atoms with van der Waals surface area (Å²) in [5, 5.41) is 2.41. The summed E-state index contributed by atoms with van der Waals surface area (Å²) in [6.45, 7) is 6.33. The fourth-order valence-corrected chi connectivity index (χ4v) is 1.17. The van der Waals surface area contributed by atoms with Crippen LogP contribution in [0.4, 0.5) is 8.78 Å². The Morgan fingerprint density at radius 2 is 2.28 bits per heavy atom. The number of hydrogen-bond donors (Lipinski definition) is 1. The second kappa shape index (κ2) is 6.80. The molecule has 0 saturated carbocycles. The first-order valence-electron chi connectivity index (χ1n) is 5.32. The second-order valence-corrected chi connectivity index (χ2v) is 3.73. The average Bonchev–Trinajstić information content (AvgIpc) is 2.31. The van der Waals surface area contributed by atoms with Crippen LogP contribution in [0, 0.1) is 11.8 Å². The highest BCUT2D eigenvalue weighted by molar-refractivity contribution is 5.94. The molecule has 0 radical (unpaired) electrons. The van der Waals surface area contributed by atoms with Crippen molar-refractivity contribution in [3.63, 3.8) is 0 Å². The molecule has 98 valence electrons. The van der Waals surface area contributed by atoms with E-state index in [-0.39, 0.29) is 18.7 Å². The Morgan fingerprint density at radius 1 is 1.56 bits per heavy atom. The number of amides is 1. The number of aromatic nitrogens is 1. The molecule has 1 N–H and O–H groups in total. The maximum absolute atomic E-state index is 13.2. The van der Waals surface area contributed by atoms with Crippen molar-refractivity contribution < 1.29 is 18.3 Å². The van der Waals surface area contributed by atoms with Crippen LogP contribution in [0.3, 0.4) is 0 Å². The molecule has 0 fully saturated rings. The molecule has 6 heteroatoms. The Balaban J connectivity index is 2.41. The smallest absolute Gasteiger partial charge is 0.254 e. The zero-order valence-corrected chi connectivity index (χ0v) is 10.0. The molecule has 4 nitrogen and oxygen atoms in total. The maximum atomic E-state index is 13.2. The number of rotatable bonds is 6. The van der Waals surface area contributed by atoms with Gasteiger partial charge in [-0.25, -0.2) is 9.37 Å². The van der Waals surface area contributed by atoms with Crippen LogP contribution in [0.2, 0.25) is 0 Å².